The van der Waals surface area contributed by atoms with Crippen molar-refractivity contribution in [3.63, 3.8) is 0 Å². The van der Waals surface area contributed by atoms with Crippen molar-refractivity contribution in [3.05, 3.63) is 84.4 Å². The zero-order valence-electron chi connectivity index (χ0n) is 16.6. The van der Waals surface area contributed by atoms with Gasteiger partial charge in [-0.1, -0.05) is 30.3 Å². The minimum atomic E-state index is -0.0682. The number of hydrogen-bond acceptors (Lipinski definition) is 4. The van der Waals surface area contributed by atoms with Crippen molar-refractivity contribution >= 4 is 5.91 Å². The lowest BCUT2D eigenvalue weighted by atomic mass is 10.2. The van der Waals surface area contributed by atoms with Gasteiger partial charge in [-0.25, -0.2) is 0 Å². The number of benzene rings is 3. The second-order valence-electron chi connectivity index (χ2n) is 6.73. The van der Waals surface area contributed by atoms with Gasteiger partial charge in [-0.15, -0.1) is 0 Å². The van der Waals surface area contributed by atoms with Crippen LogP contribution in [0.2, 0.25) is 0 Å². The van der Waals surface area contributed by atoms with Crippen molar-refractivity contribution in [2.75, 3.05) is 6.61 Å². The predicted molar refractivity (Wildman–Crippen MR) is 113 cm³/mol. The van der Waals surface area contributed by atoms with Crippen molar-refractivity contribution in [1.29, 1.82) is 0 Å². The van der Waals surface area contributed by atoms with Gasteiger partial charge in [-0.3, -0.25) is 4.79 Å². The number of carbonyl (C=O) groups is 1. The van der Waals surface area contributed by atoms with E-state index < -0.39 is 0 Å². The lowest BCUT2D eigenvalue weighted by Crippen LogP contribution is -2.35. The number of rotatable bonds is 9. The largest absolute Gasteiger partial charge is 0.491 e. The summed E-state index contributed by atoms with van der Waals surface area (Å²) in [5, 5.41) is 2.78. The van der Waals surface area contributed by atoms with E-state index in [1.807, 2.05) is 85.8 Å². The molecule has 0 unspecified atom stereocenters. The fraction of sp³-hybridized carbons (Fsp3) is 0.208. The molecule has 3 aromatic rings. The first-order valence-corrected chi connectivity index (χ1v) is 9.53. The average molecular weight is 391 g/mol. The zero-order valence-corrected chi connectivity index (χ0v) is 16.6. The molecular formula is C24H25NO4. The van der Waals surface area contributed by atoms with Crippen molar-refractivity contribution < 1.29 is 19.0 Å². The van der Waals surface area contributed by atoms with Crippen LogP contribution in [0.4, 0.5) is 0 Å². The SMILES string of the molecule is CC(=O)N[C@@H](C)COc1ccc(Oc2ccc(OCc3ccccc3)cc2)cc1. The quantitative estimate of drug-likeness (QED) is 0.560. The third-order valence-corrected chi connectivity index (χ3v) is 4.08. The lowest BCUT2D eigenvalue weighted by molar-refractivity contribution is -0.119. The Balaban J connectivity index is 1.47. The van der Waals surface area contributed by atoms with Crippen LogP contribution >= 0.6 is 0 Å². The molecule has 0 aromatic heterocycles. The number of hydrogen-bond donors (Lipinski definition) is 1. The second kappa shape index (κ2) is 10.2. The topological polar surface area (TPSA) is 56.8 Å². The molecular weight excluding hydrogens is 366 g/mol. The van der Waals surface area contributed by atoms with Gasteiger partial charge in [0.1, 0.15) is 36.2 Å². The standard InChI is InChI=1S/C24H25NO4/c1-18(25-19(2)26)16-27-21-8-12-23(13-9-21)29-24-14-10-22(11-15-24)28-17-20-6-4-3-5-7-20/h3-15,18H,16-17H2,1-2H3,(H,25,26)/t18-/m0/s1. The number of amides is 1. The van der Waals surface area contributed by atoms with Crippen LogP contribution in [0, 0.1) is 0 Å². The van der Waals surface area contributed by atoms with Crippen LogP contribution in [-0.2, 0) is 11.4 Å². The van der Waals surface area contributed by atoms with E-state index in [4.69, 9.17) is 14.2 Å². The Morgan fingerprint density at radius 2 is 1.31 bits per heavy atom. The van der Waals surface area contributed by atoms with Gasteiger partial charge in [0.2, 0.25) is 5.91 Å². The van der Waals surface area contributed by atoms with E-state index in [1.54, 1.807) is 0 Å². The summed E-state index contributed by atoms with van der Waals surface area (Å²) in [5.41, 5.74) is 1.13. The molecule has 0 saturated heterocycles. The van der Waals surface area contributed by atoms with E-state index in [0.29, 0.717) is 19.0 Å². The molecule has 0 aliphatic rings. The molecule has 5 nitrogen and oxygen atoms in total. The second-order valence-corrected chi connectivity index (χ2v) is 6.73. The van der Waals surface area contributed by atoms with Crippen molar-refractivity contribution in [2.45, 2.75) is 26.5 Å². The Morgan fingerprint density at radius 3 is 1.86 bits per heavy atom. The molecule has 0 spiro atoms. The van der Waals surface area contributed by atoms with Crippen molar-refractivity contribution in [2.24, 2.45) is 0 Å². The maximum Gasteiger partial charge on any atom is 0.217 e. The smallest absolute Gasteiger partial charge is 0.217 e. The molecule has 1 atom stereocenters. The molecule has 0 aliphatic carbocycles. The highest BCUT2D eigenvalue weighted by Crippen LogP contribution is 2.26. The van der Waals surface area contributed by atoms with E-state index >= 15 is 0 Å². The highest BCUT2D eigenvalue weighted by atomic mass is 16.5. The van der Waals surface area contributed by atoms with E-state index in [0.717, 1.165) is 22.8 Å². The van der Waals surface area contributed by atoms with Crippen LogP contribution in [0.5, 0.6) is 23.0 Å². The van der Waals surface area contributed by atoms with Gasteiger partial charge in [-0.2, -0.15) is 0 Å². The Labute approximate surface area is 171 Å². The van der Waals surface area contributed by atoms with Gasteiger partial charge in [0.15, 0.2) is 0 Å². The number of ether oxygens (including phenoxy) is 3. The van der Waals surface area contributed by atoms with Crippen LogP contribution in [-0.4, -0.2) is 18.6 Å². The van der Waals surface area contributed by atoms with Gasteiger partial charge in [0, 0.05) is 6.92 Å². The van der Waals surface area contributed by atoms with Crippen molar-refractivity contribution in [3.8, 4) is 23.0 Å². The molecule has 0 aliphatic heterocycles. The molecule has 150 valence electrons. The van der Waals surface area contributed by atoms with Gasteiger partial charge in [0.25, 0.3) is 0 Å². The first-order valence-electron chi connectivity index (χ1n) is 9.53. The summed E-state index contributed by atoms with van der Waals surface area (Å²) < 4.78 is 17.3. The molecule has 0 radical (unpaired) electrons. The molecule has 0 fully saturated rings. The summed E-state index contributed by atoms with van der Waals surface area (Å²) in [6.45, 7) is 4.32. The van der Waals surface area contributed by atoms with E-state index in [-0.39, 0.29) is 11.9 Å². The Kier molecular flexibility index (Phi) is 7.11. The van der Waals surface area contributed by atoms with Crippen LogP contribution in [0.1, 0.15) is 19.4 Å². The van der Waals surface area contributed by atoms with Crippen molar-refractivity contribution in [1.82, 2.24) is 5.32 Å². The fourth-order valence-corrected chi connectivity index (χ4v) is 2.69. The lowest BCUT2D eigenvalue weighted by Gasteiger charge is -2.14. The average Bonchev–Trinajstić information content (AvgIpc) is 2.73. The van der Waals surface area contributed by atoms with E-state index in [9.17, 15) is 4.79 Å². The van der Waals surface area contributed by atoms with Crippen LogP contribution in [0.3, 0.4) is 0 Å². The van der Waals surface area contributed by atoms with Crippen LogP contribution in [0.15, 0.2) is 78.9 Å². The summed E-state index contributed by atoms with van der Waals surface area (Å²) in [5.74, 6) is 2.88. The summed E-state index contributed by atoms with van der Waals surface area (Å²) in [6, 6.07) is 24.9. The van der Waals surface area contributed by atoms with Gasteiger partial charge < -0.3 is 19.5 Å². The third-order valence-electron chi connectivity index (χ3n) is 4.08. The molecule has 5 heteroatoms. The Morgan fingerprint density at radius 1 is 0.793 bits per heavy atom. The molecule has 1 amide bonds. The van der Waals surface area contributed by atoms with Gasteiger partial charge in [0.05, 0.1) is 6.04 Å². The summed E-state index contributed by atoms with van der Waals surface area (Å²) in [4.78, 5) is 11.0. The summed E-state index contributed by atoms with van der Waals surface area (Å²) in [6.07, 6.45) is 0. The fourth-order valence-electron chi connectivity index (χ4n) is 2.69. The summed E-state index contributed by atoms with van der Waals surface area (Å²) >= 11 is 0. The van der Waals surface area contributed by atoms with Crippen LogP contribution < -0.4 is 19.5 Å². The minimum absolute atomic E-state index is 0.0500. The molecule has 3 aromatic carbocycles. The molecule has 0 heterocycles. The predicted octanol–water partition coefficient (Wildman–Crippen LogP) is 4.96. The molecule has 1 N–H and O–H groups in total. The Hall–Kier alpha value is -3.47. The third kappa shape index (κ3) is 6.88. The molecule has 0 bridgehead atoms. The van der Waals surface area contributed by atoms with Gasteiger partial charge in [-0.05, 0) is 61.0 Å². The maximum absolute atomic E-state index is 11.0. The number of carbonyl (C=O) groups excluding carboxylic acids is 1. The highest BCUT2D eigenvalue weighted by molar-refractivity contribution is 5.73. The first-order chi connectivity index (χ1) is 14.1. The first kappa shape index (κ1) is 20.3. The molecule has 29 heavy (non-hydrogen) atoms. The molecule has 0 saturated carbocycles. The zero-order chi connectivity index (χ0) is 20.5. The monoisotopic (exact) mass is 391 g/mol. The van der Waals surface area contributed by atoms with Crippen LogP contribution in [0.25, 0.3) is 0 Å². The van der Waals surface area contributed by atoms with E-state index in [2.05, 4.69) is 5.32 Å². The summed E-state index contributed by atoms with van der Waals surface area (Å²) in [7, 11) is 0. The normalized spacial score (nSPS) is 11.4. The Bertz CT molecular complexity index is 892. The van der Waals surface area contributed by atoms with Gasteiger partial charge >= 0.3 is 0 Å². The minimum Gasteiger partial charge on any atom is -0.491 e. The highest BCUT2D eigenvalue weighted by Gasteiger charge is 2.05. The maximum atomic E-state index is 11.0. The van der Waals surface area contributed by atoms with E-state index in [1.165, 1.54) is 6.92 Å². The number of nitrogens with one attached hydrogen (secondary N) is 1. The molecule has 3 rings (SSSR count).